The summed E-state index contributed by atoms with van der Waals surface area (Å²) in [7, 11) is 0. The lowest BCUT2D eigenvalue weighted by atomic mass is 9.83. The van der Waals surface area contributed by atoms with Gasteiger partial charge in [-0.2, -0.15) is 0 Å². The summed E-state index contributed by atoms with van der Waals surface area (Å²) in [5, 5.41) is 0. The number of carbonyl (C=O) groups excluding carboxylic acids is 1. The first kappa shape index (κ1) is 14.5. The quantitative estimate of drug-likeness (QED) is 0.800. The van der Waals surface area contributed by atoms with E-state index in [1.165, 1.54) is 0 Å². The molecule has 21 heavy (non-hydrogen) atoms. The van der Waals surface area contributed by atoms with Crippen LogP contribution in [-0.2, 0) is 9.53 Å². The summed E-state index contributed by atoms with van der Waals surface area (Å²) in [5.41, 5.74) is 2.13. The van der Waals surface area contributed by atoms with E-state index in [0.717, 1.165) is 56.8 Å². The second-order valence-electron chi connectivity index (χ2n) is 6.03. The number of morpholine rings is 1. The van der Waals surface area contributed by atoms with Gasteiger partial charge in [0.2, 0.25) is 0 Å². The second kappa shape index (κ2) is 7.01. The van der Waals surface area contributed by atoms with E-state index < -0.39 is 0 Å². The van der Waals surface area contributed by atoms with Crippen molar-refractivity contribution < 1.29 is 9.53 Å². The molecule has 3 rings (SSSR count). The van der Waals surface area contributed by atoms with Crippen molar-refractivity contribution in [3.63, 3.8) is 0 Å². The zero-order valence-electron chi connectivity index (χ0n) is 12.5. The lowest BCUT2D eigenvalue weighted by Gasteiger charge is -2.32. The fourth-order valence-electron chi connectivity index (χ4n) is 3.20. The number of Topliss-reactive ketones (excluding diaryl/α,β-unsaturated/α-hetero) is 1. The van der Waals surface area contributed by atoms with Gasteiger partial charge in [0.1, 0.15) is 0 Å². The molecule has 1 heterocycles. The zero-order valence-corrected chi connectivity index (χ0v) is 12.5. The highest BCUT2D eigenvalue weighted by atomic mass is 16.5. The molecule has 0 radical (unpaired) electrons. The van der Waals surface area contributed by atoms with Crippen molar-refractivity contribution in [1.82, 2.24) is 4.90 Å². The first-order chi connectivity index (χ1) is 10.3. The largest absolute Gasteiger partial charge is 0.379 e. The summed E-state index contributed by atoms with van der Waals surface area (Å²) in [6, 6.07) is 10.1. The van der Waals surface area contributed by atoms with Crippen molar-refractivity contribution in [3.05, 3.63) is 41.5 Å². The van der Waals surface area contributed by atoms with Crippen molar-refractivity contribution in [3.8, 4) is 0 Å². The molecule has 2 fully saturated rings. The predicted octanol–water partition coefficient (Wildman–Crippen LogP) is 2.77. The number of nitrogens with zero attached hydrogens (tertiary/aromatic N) is 1. The van der Waals surface area contributed by atoms with Gasteiger partial charge in [0.05, 0.1) is 13.2 Å². The summed E-state index contributed by atoms with van der Waals surface area (Å²) >= 11 is 0. The van der Waals surface area contributed by atoms with Gasteiger partial charge in [-0.3, -0.25) is 9.69 Å². The Kier molecular flexibility index (Phi) is 4.84. The molecule has 0 N–H and O–H groups in total. The molecule has 1 aliphatic carbocycles. The van der Waals surface area contributed by atoms with Crippen LogP contribution in [0.15, 0.2) is 35.9 Å². The minimum absolute atomic E-state index is 0.336. The molecule has 1 saturated heterocycles. The van der Waals surface area contributed by atoms with Crippen LogP contribution in [0.5, 0.6) is 0 Å². The molecular weight excluding hydrogens is 262 g/mol. The third-order valence-electron chi connectivity index (χ3n) is 4.41. The molecule has 2 aliphatic rings. The first-order valence-corrected chi connectivity index (χ1v) is 7.90. The maximum absolute atomic E-state index is 12.3. The molecule has 0 aromatic heterocycles. The van der Waals surface area contributed by atoms with E-state index in [1.807, 2.05) is 18.2 Å². The summed E-state index contributed by atoms with van der Waals surface area (Å²) < 4.78 is 5.38. The summed E-state index contributed by atoms with van der Waals surface area (Å²) in [4.78, 5) is 14.8. The summed E-state index contributed by atoms with van der Waals surface area (Å²) in [6.45, 7) is 4.74. The van der Waals surface area contributed by atoms with Crippen LogP contribution >= 0.6 is 0 Å². The molecule has 0 spiro atoms. The average molecular weight is 285 g/mol. The summed E-state index contributed by atoms with van der Waals surface area (Å²) in [6.07, 6.45) is 4.81. The number of rotatable bonds is 3. The molecule has 0 bridgehead atoms. The molecule has 3 heteroatoms. The van der Waals surface area contributed by atoms with Crippen LogP contribution in [0.4, 0.5) is 0 Å². The Bertz CT molecular complexity index is 503. The van der Waals surface area contributed by atoms with E-state index in [9.17, 15) is 4.79 Å². The molecule has 1 aromatic carbocycles. The lowest BCUT2D eigenvalue weighted by Crippen LogP contribution is -2.40. The van der Waals surface area contributed by atoms with E-state index in [1.54, 1.807) is 0 Å². The molecule has 1 saturated carbocycles. The van der Waals surface area contributed by atoms with Crippen LogP contribution < -0.4 is 0 Å². The highest BCUT2D eigenvalue weighted by molar-refractivity contribution is 6.00. The van der Waals surface area contributed by atoms with Crippen LogP contribution in [0.2, 0.25) is 0 Å². The molecule has 3 nitrogen and oxygen atoms in total. The molecule has 1 aliphatic heterocycles. The van der Waals surface area contributed by atoms with Crippen LogP contribution in [0.25, 0.3) is 6.08 Å². The summed E-state index contributed by atoms with van der Waals surface area (Å²) in [5.74, 6) is 0.854. The molecule has 1 aromatic rings. The molecule has 1 unspecified atom stereocenters. The normalized spacial score (nSPS) is 26.2. The van der Waals surface area contributed by atoms with E-state index in [0.29, 0.717) is 18.1 Å². The van der Waals surface area contributed by atoms with Crippen molar-refractivity contribution in [2.24, 2.45) is 5.92 Å². The number of hydrogen-bond acceptors (Lipinski definition) is 3. The number of hydrogen-bond donors (Lipinski definition) is 0. The highest BCUT2D eigenvalue weighted by Crippen LogP contribution is 2.28. The average Bonchev–Trinajstić information content (AvgIpc) is 2.52. The third kappa shape index (κ3) is 4.02. The Balaban J connectivity index is 1.56. The molecule has 1 atom stereocenters. The monoisotopic (exact) mass is 285 g/mol. The Morgan fingerprint density at radius 3 is 2.67 bits per heavy atom. The predicted molar refractivity (Wildman–Crippen MR) is 84.0 cm³/mol. The van der Waals surface area contributed by atoms with E-state index in [2.05, 4.69) is 23.1 Å². The van der Waals surface area contributed by atoms with E-state index >= 15 is 0 Å². The SMILES string of the molecule is O=C1CC(CN2CCOCC2)CC/C1=C/c1ccccc1. The van der Waals surface area contributed by atoms with E-state index in [4.69, 9.17) is 4.74 Å². The van der Waals surface area contributed by atoms with Crippen molar-refractivity contribution in [1.29, 1.82) is 0 Å². The van der Waals surface area contributed by atoms with Gasteiger partial charge in [0.25, 0.3) is 0 Å². The maximum Gasteiger partial charge on any atom is 0.159 e. The second-order valence-corrected chi connectivity index (χ2v) is 6.03. The van der Waals surface area contributed by atoms with Gasteiger partial charge in [-0.05, 0) is 36.0 Å². The highest BCUT2D eigenvalue weighted by Gasteiger charge is 2.25. The van der Waals surface area contributed by atoms with Gasteiger partial charge in [-0.15, -0.1) is 0 Å². The molecule has 0 amide bonds. The van der Waals surface area contributed by atoms with E-state index in [-0.39, 0.29) is 0 Å². The number of ketones is 1. The number of allylic oxidation sites excluding steroid dienone is 1. The van der Waals surface area contributed by atoms with Crippen molar-refractivity contribution >= 4 is 11.9 Å². The van der Waals surface area contributed by atoms with Crippen molar-refractivity contribution in [2.75, 3.05) is 32.8 Å². The minimum Gasteiger partial charge on any atom is -0.379 e. The van der Waals surface area contributed by atoms with Gasteiger partial charge in [0.15, 0.2) is 5.78 Å². The fraction of sp³-hybridized carbons (Fsp3) is 0.500. The van der Waals surface area contributed by atoms with Gasteiger partial charge in [0, 0.05) is 26.1 Å². The Morgan fingerprint density at radius 1 is 1.19 bits per heavy atom. The maximum atomic E-state index is 12.3. The number of benzene rings is 1. The van der Waals surface area contributed by atoms with Crippen LogP contribution in [0, 0.1) is 5.92 Å². The van der Waals surface area contributed by atoms with Crippen LogP contribution in [0.1, 0.15) is 24.8 Å². The van der Waals surface area contributed by atoms with Crippen LogP contribution in [0.3, 0.4) is 0 Å². The molecule has 112 valence electrons. The van der Waals surface area contributed by atoms with Gasteiger partial charge in [-0.1, -0.05) is 30.3 Å². The zero-order chi connectivity index (χ0) is 14.5. The fourth-order valence-corrected chi connectivity index (χ4v) is 3.20. The number of carbonyl (C=O) groups is 1. The minimum atomic E-state index is 0.336. The van der Waals surface area contributed by atoms with Crippen molar-refractivity contribution in [2.45, 2.75) is 19.3 Å². The lowest BCUT2D eigenvalue weighted by molar-refractivity contribution is -0.117. The molecular formula is C18H23NO2. The Hall–Kier alpha value is -1.45. The third-order valence-corrected chi connectivity index (χ3v) is 4.41. The Morgan fingerprint density at radius 2 is 1.95 bits per heavy atom. The van der Waals surface area contributed by atoms with Gasteiger partial charge >= 0.3 is 0 Å². The standard InChI is InChI=1S/C18H23NO2/c20-18-13-16(14-19-8-10-21-11-9-19)6-7-17(18)12-15-4-2-1-3-5-15/h1-5,12,16H,6-11,13-14H2/b17-12-. The van der Waals surface area contributed by atoms with Gasteiger partial charge in [-0.25, -0.2) is 0 Å². The topological polar surface area (TPSA) is 29.5 Å². The van der Waals surface area contributed by atoms with Crippen LogP contribution in [-0.4, -0.2) is 43.5 Å². The van der Waals surface area contributed by atoms with Gasteiger partial charge < -0.3 is 4.74 Å². The first-order valence-electron chi connectivity index (χ1n) is 7.90. The smallest absolute Gasteiger partial charge is 0.159 e. The number of ether oxygens (including phenoxy) is 1. The Labute approximate surface area is 126 Å².